The van der Waals surface area contributed by atoms with Gasteiger partial charge in [-0.05, 0) is 50.9 Å². The molecule has 146 valence electrons. The van der Waals surface area contributed by atoms with Gasteiger partial charge in [0.25, 0.3) is 0 Å². The van der Waals surface area contributed by atoms with E-state index in [1.165, 1.54) is 6.92 Å². The number of ether oxygens (including phenoxy) is 2. The predicted octanol–water partition coefficient (Wildman–Crippen LogP) is 4.46. The first-order valence-corrected chi connectivity index (χ1v) is 9.93. The molecule has 1 heterocycles. The van der Waals surface area contributed by atoms with E-state index in [2.05, 4.69) is 34.3 Å². The van der Waals surface area contributed by atoms with Crippen molar-refractivity contribution in [3.05, 3.63) is 12.7 Å². The summed E-state index contributed by atoms with van der Waals surface area (Å²) in [6, 6.07) is 0. The van der Waals surface area contributed by atoms with E-state index in [9.17, 15) is 9.59 Å². The van der Waals surface area contributed by atoms with Crippen molar-refractivity contribution in [2.45, 2.75) is 91.0 Å². The van der Waals surface area contributed by atoms with E-state index < -0.39 is 5.60 Å². The Morgan fingerprint density at radius 2 is 1.81 bits per heavy atom. The fraction of sp³-hybridized carbons (Fsp3) is 0.818. The average molecular weight is 363 g/mol. The Kier molecular flexibility index (Phi) is 4.46. The van der Waals surface area contributed by atoms with Crippen molar-refractivity contribution in [2.24, 2.45) is 22.7 Å². The molecular weight excluding hydrogens is 328 g/mol. The Morgan fingerprint density at radius 1 is 1.15 bits per heavy atom. The number of rotatable bonds is 2. The number of hydrogen-bond donors (Lipinski definition) is 0. The molecule has 0 spiro atoms. The fourth-order valence-electron chi connectivity index (χ4n) is 6.55. The van der Waals surface area contributed by atoms with Gasteiger partial charge in [-0.2, -0.15) is 0 Å². The first kappa shape index (κ1) is 19.6. The van der Waals surface area contributed by atoms with Gasteiger partial charge < -0.3 is 9.47 Å². The summed E-state index contributed by atoms with van der Waals surface area (Å²) in [6.45, 7) is 16.1. The van der Waals surface area contributed by atoms with Crippen LogP contribution in [0, 0.1) is 22.7 Å². The lowest BCUT2D eigenvalue weighted by Gasteiger charge is -2.65. The van der Waals surface area contributed by atoms with Crippen LogP contribution in [0.25, 0.3) is 0 Å². The van der Waals surface area contributed by atoms with E-state index in [4.69, 9.17) is 9.47 Å². The number of fused-ring (bicyclic) bond motifs is 3. The van der Waals surface area contributed by atoms with Crippen molar-refractivity contribution in [1.29, 1.82) is 0 Å². The lowest BCUT2D eigenvalue weighted by molar-refractivity contribution is -0.253. The Bertz CT molecular complexity index is 638. The van der Waals surface area contributed by atoms with Gasteiger partial charge in [-0.1, -0.05) is 33.4 Å². The third kappa shape index (κ3) is 2.67. The van der Waals surface area contributed by atoms with Crippen LogP contribution in [-0.2, 0) is 19.1 Å². The summed E-state index contributed by atoms with van der Waals surface area (Å²) in [4.78, 5) is 24.4. The molecule has 3 aliphatic rings. The quantitative estimate of drug-likeness (QED) is 0.537. The van der Waals surface area contributed by atoms with E-state index in [-0.39, 0.29) is 40.2 Å². The van der Waals surface area contributed by atoms with Gasteiger partial charge >= 0.3 is 5.97 Å². The molecule has 6 atom stereocenters. The largest absolute Gasteiger partial charge is 0.462 e. The number of ketones is 1. The van der Waals surface area contributed by atoms with Crippen LogP contribution in [-0.4, -0.2) is 29.1 Å². The fourth-order valence-corrected chi connectivity index (χ4v) is 6.55. The minimum atomic E-state index is -0.876. The second-order valence-corrected chi connectivity index (χ2v) is 9.96. The molecule has 4 nitrogen and oxygen atoms in total. The third-order valence-electron chi connectivity index (χ3n) is 8.02. The highest BCUT2D eigenvalue weighted by atomic mass is 16.5. The average Bonchev–Trinajstić information content (AvgIpc) is 2.52. The highest BCUT2D eigenvalue weighted by molar-refractivity contribution is 5.90. The van der Waals surface area contributed by atoms with Crippen LogP contribution < -0.4 is 0 Å². The number of hydrogen-bond acceptors (Lipinski definition) is 4. The van der Waals surface area contributed by atoms with Crippen LogP contribution in [0.2, 0.25) is 0 Å². The van der Waals surface area contributed by atoms with Crippen LogP contribution in [0.4, 0.5) is 0 Å². The van der Waals surface area contributed by atoms with Crippen molar-refractivity contribution >= 4 is 11.8 Å². The van der Waals surface area contributed by atoms with E-state index in [0.29, 0.717) is 12.3 Å². The summed E-state index contributed by atoms with van der Waals surface area (Å²) in [7, 11) is 0. The van der Waals surface area contributed by atoms with Crippen LogP contribution >= 0.6 is 0 Å². The lowest BCUT2D eigenvalue weighted by atomic mass is 9.43. The van der Waals surface area contributed by atoms with Crippen molar-refractivity contribution in [3.8, 4) is 0 Å². The summed E-state index contributed by atoms with van der Waals surface area (Å²) in [5, 5.41) is 0. The zero-order valence-corrected chi connectivity index (χ0v) is 17.2. The molecule has 3 fully saturated rings. The van der Waals surface area contributed by atoms with Gasteiger partial charge in [-0.25, -0.2) is 0 Å². The van der Waals surface area contributed by atoms with Crippen molar-refractivity contribution < 1.29 is 19.1 Å². The number of carbonyl (C=O) groups is 2. The van der Waals surface area contributed by atoms with Crippen molar-refractivity contribution in [1.82, 2.24) is 0 Å². The highest BCUT2D eigenvalue weighted by Gasteiger charge is 2.65. The van der Waals surface area contributed by atoms with Gasteiger partial charge in [0, 0.05) is 24.7 Å². The third-order valence-corrected chi connectivity index (χ3v) is 8.02. The van der Waals surface area contributed by atoms with Gasteiger partial charge in [0.15, 0.2) is 5.78 Å². The van der Waals surface area contributed by atoms with Gasteiger partial charge in [-0.15, -0.1) is 0 Å². The van der Waals surface area contributed by atoms with Crippen LogP contribution in [0.1, 0.15) is 73.6 Å². The molecule has 0 aromatic heterocycles. The summed E-state index contributed by atoms with van der Waals surface area (Å²) in [5.74, 6) is 0.518. The topological polar surface area (TPSA) is 52.6 Å². The molecule has 2 aliphatic carbocycles. The lowest BCUT2D eigenvalue weighted by Crippen LogP contribution is -2.66. The van der Waals surface area contributed by atoms with Gasteiger partial charge in [-0.3, -0.25) is 9.59 Å². The summed E-state index contributed by atoms with van der Waals surface area (Å²) >= 11 is 0. The molecule has 0 amide bonds. The van der Waals surface area contributed by atoms with Gasteiger partial charge in [0.1, 0.15) is 11.7 Å². The van der Waals surface area contributed by atoms with Gasteiger partial charge in [0.2, 0.25) is 0 Å². The first-order chi connectivity index (χ1) is 11.9. The van der Waals surface area contributed by atoms with E-state index in [1.807, 2.05) is 6.92 Å². The molecule has 1 aliphatic heterocycles. The SMILES string of the molecule is C=C[C@]1(C)O[C@@]2(C)CCC3C(C)(C)[C@H](OC(C)=O)CC[C@@]3(C)C2CC1=O. The molecule has 0 bridgehead atoms. The Hall–Kier alpha value is -1.16. The second-order valence-electron chi connectivity index (χ2n) is 9.96. The highest BCUT2D eigenvalue weighted by Crippen LogP contribution is 2.65. The molecule has 4 heteroatoms. The molecule has 0 aromatic carbocycles. The zero-order chi connectivity index (χ0) is 19.5. The molecule has 26 heavy (non-hydrogen) atoms. The van der Waals surface area contributed by atoms with Crippen LogP contribution in [0.3, 0.4) is 0 Å². The normalized spacial score (nSPS) is 47.5. The molecule has 0 N–H and O–H groups in total. The smallest absolute Gasteiger partial charge is 0.302 e. The molecule has 2 saturated carbocycles. The van der Waals surface area contributed by atoms with Gasteiger partial charge in [0.05, 0.1) is 5.60 Å². The summed E-state index contributed by atoms with van der Waals surface area (Å²) in [5.41, 5.74) is -1.29. The van der Waals surface area contributed by atoms with Crippen LogP contribution in [0.5, 0.6) is 0 Å². The first-order valence-electron chi connectivity index (χ1n) is 9.93. The maximum absolute atomic E-state index is 12.9. The molecule has 0 radical (unpaired) electrons. The Labute approximate surface area is 157 Å². The molecule has 0 aromatic rings. The maximum Gasteiger partial charge on any atom is 0.302 e. The van der Waals surface area contributed by atoms with Crippen molar-refractivity contribution in [2.75, 3.05) is 0 Å². The second kappa shape index (κ2) is 5.92. The summed E-state index contributed by atoms with van der Waals surface area (Å²) in [6.07, 6.45) is 5.90. The molecule has 2 unspecified atom stereocenters. The zero-order valence-electron chi connectivity index (χ0n) is 17.2. The number of esters is 1. The Balaban J connectivity index is 1.95. The molecule has 3 rings (SSSR count). The predicted molar refractivity (Wildman–Crippen MR) is 101 cm³/mol. The Morgan fingerprint density at radius 3 is 2.38 bits per heavy atom. The molecule has 1 saturated heterocycles. The van der Waals surface area contributed by atoms with E-state index in [1.54, 1.807) is 6.08 Å². The maximum atomic E-state index is 12.9. The molecular formula is C22H34O4. The van der Waals surface area contributed by atoms with Crippen molar-refractivity contribution in [3.63, 3.8) is 0 Å². The number of Topliss-reactive ketones (excluding diaryl/α,β-unsaturated/α-hetero) is 1. The van der Waals surface area contributed by atoms with E-state index in [0.717, 1.165) is 25.7 Å². The van der Waals surface area contributed by atoms with E-state index >= 15 is 0 Å². The van der Waals surface area contributed by atoms with Crippen LogP contribution in [0.15, 0.2) is 12.7 Å². The minimum absolute atomic E-state index is 0.00527. The minimum Gasteiger partial charge on any atom is -0.462 e. The standard InChI is InChI=1S/C22H34O4/c1-8-21(6)17(24)13-16-20(5)11-10-18(25-14(2)23)19(3,4)15(20)9-12-22(16,7)26-21/h8,15-16,18H,1,9-13H2,2-7H3/t15?,16?,18-,20-,21+,22+/m1/s1. The monoisotopic (exact) mass is 362 g/mol. The number of carbonyl (C=O) groups excluding carboxylic acids is 2. The summed E-state index contributed by atoms with van der Waals surface area (Å²) < 4.78 is 12.1.